The molecule has 1 saturated carbocycles. The first-order valence-electron chi connectivity index (χ1n) is 6.75. The maximum atomic E-state index is 11.8. The number of amides is 2. The summed E-state index contributed by atoms with van der Waals surface area (Å²) in [6.45, 7) is 7.87. The lowest BCUT2D eigenvalue weighted by molar-refractivity contribution is -0.139. The summed E-state index contributed by atoms with van der Waals surface area (Å²) >= 11 is 0. The molecule has 0 spiro atoms. The molecule has 5 nitrogen and oxygen atoms in total. The Labute approximate surface area is 114 Å². The molecule has 19 heavy (non-hydrogen) atoms. The van der Waals surface area contributed by atoms with Gasteiger partial charge in [-0.05, 0) is 31.1 Å². The quantitative estimate of drug-likeness (QED) is 0.669. The Kier molecular flexibility index (Phi) is 5.39. The lowest BCUT2D eigenvalue weighted by atomic mass is 9.75. The molecular weight excluding hydrogens is 244 g/mol. The van der Waals surface area contributed by atoms with E-state index in [2.05, 4.69) is 31.1 Å². The number of carboxylic acids is 1. The summed E-state index contributed by atoms with van der Waals surface area (Å²) in [7, 11) is 0. The molecule has 2 amide bonds. The maximum Gasteiger partial charge on any atom is 0.326 e. The Bertz CT molecular complexity index is 353. The van der Waals surface area contributed by atoms with Crippen molar-refractivity contribution < 1.29 is 14.7 Å². The van der Waals surface area contributed by atoms with Gasteiger partial charge in [-0.15, -0.1) is 6.58 Å². The van der Waals surface area contributed by atoms with Crippen molar-refractivity contribution in [3.63, 3.8) is 0 Å². The number of urea groups is 1. The standard InChI is InChI=1S/C14H24N2O3/c1-4-6-11(12(17)18)16-13(19)15-10-7-5-8-14(2,3)9-10/h4,10-11H,1,5-9H2,2-3H3,(H,17,18)(H2,15,16,19). The predicted octanol–water partition coefficient (Wildman–Crippen LogP) is 2.28. The van der Waals surface area contributed by atoms with E-state index >= 15 is 0 Å². The van der Waals surface area contributed by atoms with E-state index in [1.807, 2.05) is 0 Å². The van der Waals surface area contributed by atoms with Crippen LogP contribution in [0.4, 0.5) is 4.79 Å². The second-order valence-electron chi connectivity index (χ2n) is 5.99. The molecule has 1 fully saturated rings. The van der Waals surface area contributed by atoms with Crippen molar-refractivity contribution in [2.24, 2.45) is 5.41 Å². The second kappa shape index (κ2) is 6.59. The van der Waals surface area contributed by atoms with E-state index in [1.165, 1.54) is 12.5 Å². The van der Waals surface area contributed by atoms with Crippen molar-refractivity contribution >= 4 is 12.0 Å². The molecule has 0 radical (unpaired) electrons. The van der Waals surface area contributed by atoms with Crippen LogP contribution < -0.4 is 10.6 Å². The van der Waals surface area contributed by atoms with Crippen LogP contribution in [0.3, 0.4) is 0 Å². The monoisotopic (exact) mass is 268 g/mol. The molecule has 1 aliphatic carbocycles. The van der Waals surface area contributed by atoms with E-state index in [0.717, 1.165) is 19.3 Å². The smallest absolute Gasteiger partial charge is 0.326 e. The van der Waals surface area contributed by atoms with E-state index in [1.54, 1.807) is 0 Å². The lowest BCUT2D eigenvalue weighted by Gasteiger charge is -2.35. The number of hydrogen-bond acceptors (Lipinski definition) is 2. The van der Waals surface area contributed by atoms with E-state index in [-0.39, 0.29) is 17.9 Å². The largest absolute Gasteiger partial charge is 0.480 e. The van der Waals surface area contributed by atoms with Crippen LogP contribution in [-0.4, -0.2) is 29.2 Å². The van der Waals surface area contributed by atoms with Gasteiger partial charge in [0.2, 0.25) is 0 Å². The topological polar surface area (TPSA) is 78.4 Å². The van der Waals surface area contributed by atoms with Gasteiger partial charge in [-0.2, -0.15) is 0 Å². The average Bonchev–Trinajstić information content (AvgIpc) is 2.26. The fraction of sp³-hybridized carbons (Fsp3) is 0.714. The van der Waals surface area contributed by atoms with Gasteiger partial charge in [0.15, 0.2) is 0 Å². The van der Waals surface area contributed by atoms with Gasteiger partial charge in [0.25, 0.3) is 0 Å². The Morgan fingerprint density at radius 3 is 2.74 bits per heavy atom. The molecule has 3 N–H and O–H groups in total. The molecule has 0 aliphatic heterocycles. The minimum absolute atomic E-state index is 0.127. The third kappa shape index (κ3) is 5.32. The molecule has 0 heterocycles. The minimum Gasteiger partial charge on any atom is -0.480 e. The number of carbonyl (C=O) groups is 2. The third-order valence-electron chi connectivity index (χ3n) is 3.55. The molecule has 1 aliphatic rings. The van der Waals surface area contributed by atoms with Crippen LogP contribution in [0.5, 0.6) is 0 Å². The summed E-state index contributed by atoms with van der Waals surface area (Å²) in [4.78, 5) is 22.7. The van der Waals surface area contributed by atoms with Crippen LogP contribution >= 0.6 is 0 Å². The summed E-state index contributed by atoms with van der Waals surface area (Å²) in [5.74, 6) is -1.04. The van der Waals surface area contributed by atoms with Crippen LogP contribution in [0.1, 0.15) is 46.0 Å². The van der Waals surface area contributed by atoms with E-state index in [0.29, 0.717) is 0 Å². The number of hydrogen-bond donors (Lipinski definition) is 3. The molecule has 0 aromatic heterocycles. The molecule has 2 atom stereocenters. The molecule has 5 heteroatoms. The number of rotatable bonds is 5. The van der Waals surface area contributed by atoms with Gasteiger partial charge in [0, 0.05) is 6.04 Å². The fourth-order valence-corrected chi connectivity index (χ4v) is 2.59. The lowest BCUT2D eigenvalue weighted by Crippen LogP contribution is -2.50. The zero-order valence-corrected chi connectivity index (χ0v) is 11.7. The first-order valence-corrected chi connectivity index (χ1v) is 6.75. The van der Waals surface area contributed by atoms with E-state index < -0.39 is 18.0 Å². The first-order chi connectivity index (χ1) is 8.84. The molecule has 1 rings (SSSR count). The van der Waals surface area contributed by atoms with Crippen molar-refractivity contribution in [2.75, 3.05) is 0 Å². The SMILES string of the molecule is C=CCC(NC(=O)NC1CCCC(C)(C)C1)C(=O)O. The zero-order valence-electron chi connectivity index (χ0n) is 11.7. The van der Waals surface area contributed by atoms with Gasteiger partial charge in [-0.1, -0.05) is 26.3 Å². The number of aliphatic carboxylic acids is 1. The Balaban J connectivity index is 2.45. The van der Waals surface area contributed by atoms with Crippen LogP contribution in [0, 0.1) is 5.41 Å². The zero-order chi connectivity index (χ0) is 14.5. The minimum atomic E-state index is -1.04. The molecule has 108 valence electrons. The van der Waals surface area contributed by atoms with Gasteiger partial charge >= 0.3 is 12.0 Å². The summed E-state index contributed by atoms with van der Waals surface area (Å²) in [5, 5.41) is 14.3. The Morgan fingerprint density at radius 1 is 1.53 bits per heavy atom. The normalized spacial score (nSPS) is 23.2. The molecule has 0 aromatic rings. The van der Waals surface area contributed by atoms with Gasteiger partial charge < -0.3 is 15.7 Å². The van der Waals surface area contributed by atoms with Gasteiger partial charge in [0.1, 0.15) is 6.04 Å². The highest BCUT2D eigenvalue weighted by Crippen LogP contribution is 2.34. The summed E-state index contributed by atoms with van der Waals surface area (Å²) < 4.78 is 0. The number of carbonyl (C=O) groups excluding carboxylic acids is 1. The van der Waals surface area contributed by atoms with Crippen molar-refractivity contribution in [3.8, 4) is 0 Å². The van der Waals surface area contributed by atoms with Crippen LogP contribution in [0.2, 0.25) is 0 Å². The summed E-state index contributed by atoms with van der Waals surface area (Å²) in [5.41, 5.74) is 0.240. The van der Waals surface area contributed by atoms with Crippen LogP contribution in [-0.2, 0) is 4.79 Å². The molecule has 0 bridgehead atoms. The molecule has 0 saturated heterocycles. The van der Waals surface area contributed by atoms with E-state index in [9.17, 15) is 9.59 Å². The Morgan fingerprint density at radius 2 is 2.21 bits per heavy atom. The highest BCUT2D eigenvalue weighted by Gasteiger charge is 2.29. The second-order valence-corrected chi connectivity index (χ2v) is 5.99. The molecular formula is C14H24N2O3. The maximum absolute atomic E-state index is 11.8. The van der Waals surface area contributed by atoms with Crippen molar-refractivity contribution in [3.05, 3.63) is 12.7 Å². The van der Waals surface area contributed by atoms with Crippen LogP contribution in [0.15, 0.2) is 12.7 Å². The number of carboxylic acid groups (broad SMARTS) is 1. The third-order valence-corrected chi connectivity index (χ3v) is 3.55. The summed E-state index contributed by atoms with van der Waals surface area (Å²) in [6, 6.07) is -1.19. The van der Waals surface area contributed by atoms with Crippen molar-refractivity contribution in [1.29, 1.82) is 0 Å². The van der Waals surface area contributed by atoms with Crippen molar-refractivity contribution in [1.82, 2.24) is 10.6 Å². The highest BCUT2D eigenvalue weighted by atomic mass is 16.4. The summed E-state index contributed by atoms with van der Waals surface area (Å²) in [6.07, 6.45) is 5.85. The van der Waals surface area contributed by atoms with Crippen molar-refractivity contribution in [2.45, 2.75) is 58.0 Å². The van der Waals surface area contributed by atoms with Crippen LogP contribution in [0.25, 0.3) is 0 Å². The van der Waals surface area contributed by atoms with Gasteiger partial charge in [-0.3, -0.25) is 0 Å². The van der Waals surface area contributed by atoms with Gasteiger partial charge in [0.05, 0.1) is 0 Å². The fourth-order valence-electron chi connectivity index (χ4n) is 2.59. The predicted molar refractivity (Wildman–Crippen MR) is 73.9 cm³/mol. The molecule has 0 aromatic carbocycles. The van der Waals surface area contributed by atoms with Gasteiger partial charge in [-0.25, -0.2) is 9.59 Å². The highest BCUT2D eigenvalue weighted by molar-refractivity contribution is 5.82. The molecule has 2 unspecified atom stereocenters. The average molecular weight is 268 g/mol. The first kappa shape index (κ1) is 15.5. The van der Waals surface area contributed by atoms with E-state index in [4.69, 9.17) is 5.11 Å². The number of nitrogens with one attached hydrogen (secondary N) is 2. The Hall–Kier alpha value is -1.52.